The standard InChI is InChI=1S/C15H17N5O4S2/c1-16-14-18-17-13(26-14)12-6-11(25)7-19(12)15(21)24-8-9-2-4-10(5-3-9)20(22)23/h2-5,11-12,25H,6-8H2,1H3,(H,16,18)/t11-,12-/m0/s1. The lowest BCUT2D eigenvalue weighted by Crippen LogP contribution is -2.31. The van der Waals surface area contributed by atoms with Crippen molar-refractivity contribution in [1.29, 1.82) is 0 Å². The van der Waals surface area contributed by atoms with Crippen LogP contribution in [-0.2, 0) is 11.3 Å². The third kappa shape index (κ3) is 4.05. The summed E-state index contributed by atoms with van der Waals surface area (Å²) in [6, 6.07) is 5.68. The van der Waals surface area contributed by atoms with Gasteiger partial charge in [-0.2, -0.15) is 12.6 Å². The second-order valence-corrected chi connectivity index (χ2v) is 7.47. The number of hydrogen-bond acceptors (Lipinski definition) is 9. The molecule has 1 N–H and O–H groups in total. The molecule has 1 aliphatic rings. The number of nitrogens with zero attached hydrogens (tertiary/aromatic N) is 4. The molecule has 0 saturated carbocycles. The summed E-state index contributed by atoms with van der Waals surface area (Å²) in [7, 11) is 1.76. The second-order valence-electron chi connectivity index (χ2n) is 5.73. The quantitative estimate of drug-likeness (QED) is 0.455. The minimum atomic E-state index is -0.473. The Hall–Kier alpha value is -2.40. The van der Waals surface area contributed by atoms with Gasteiger partial charge in [0, 0.05) is 31.0 Å². The molecule has 1 saturated heterocycles. The van der Waals surface area contributed by atoms with Gasteiger partial charge in [0.2, 0.25) is 5.13 Å². The number of carbonyl (C=O) groups is 1. The van der Waals surface area contributed by atoms with E-state index in [0.717, 1.165) is 5.01 Å². The minimum absolute atomic E-state index is 0.00536. The molecule has 1 amide bonds. The van der Waals surface area contributed by atoms with Gasteiger partial charge in [-0.15, -0.1) is 10.2 Å². The van der Waals surface area contributed by atoms with Crippen LogP contribution in [0.2, 0.25) is 0 Å². The van der Waals surface area contributed by atoms with Crippen LogP contribution in [0.1, 0.15) is 23.0 Å². The van der Waals surface area contributed by atoms with Gasteiger partial charge in [0.1, 0.15) is 11.6 Å². The van der Waals surface area contributed by atoms with E-state index >= 15 is 0 Å². The van der Waals surface area contributed by atoms with Crippen LogP contribution in [0.4, 0.5) is 15.6 Å². The number of anilines is 1. The lowest BCUT2D eigenvalue weighted by molar-refractivity contribution is -0.384. The normalized spacial score (nSPS) is 19.4. The number of benzene rings is 1. The van der Waals surface area contributed by atoms with Gasteiger partial charge in [-0.25, -0.2) is 4.79 Å². The highest BCUT2D eigenvalue weighted by atomic mass is 32.1. The molecular weight excluding hydrogens is 378 g/mol. The molecule has 138 valence electrons. The van der Waals surface area contributed by atoms with E-state index in [1.54, 1.807) is 24.1 Å². The largest absolute Gasteiger partial charge is 0.445 e. The highest BCUT2D eigenvalue weighted by Gasteiger charge is 2.37. The fourth-order valence-electron chi connectivity index (χ4n) is 2.66. The van der Waals surface area contributed by atoms with Crippen molar-refractivity contribution in [1.82, 2.24) is 15.1 Å². The summed E-state index contributed by atoms with van der Waals surface area (Å²) in [5.41, 5.74) is 0.671. The molecule has 9 nitrogen and oxygen atoms in total. The first-order chi connectivity index (χ1) is 12.5. The summed E-state index contributed by atoms with van der Waals surface area (Å²) < 4.78 is 5.37. The van der Waals surface area contributed by atoms with E-state index in [0.29, 0.717) is 23.7 Å². The first-order valence-electron chi connectivity index (χ1n) is 7.84. The number of likely N-dealkylation sites (tertiary alicyclic amines) is 1. The Labute approximate surface area is 158 Å². The first-order valence-corrected chi connectivity index (χ1v) is 9.17. The highest BCUT2D eigenvalue weighted by Crippen LogP contribution is 2.37. The molecule has 0 spiro atoms. The first kappa shape index (κ1) is 18.4. The van der Waals surface area contributed by atoms with Crippen molar-refractivity contribution in [3.05, 3.63) is 45.0 Å². The zero-order valence-corrected chi connectivity index (χ0v) is 15.6. The maximum absolute atomic E-state index is 12.5. The summed E-state index contributed by atoms with van der Waals surface area (Å²) in [4.78, 5) is 24.3. The van der Waals surface area contributed by atoms with Crippen molar-refractivity contribution in [3.63, 3.8) is 0 Å². The maximum atomic E-state index is 12.5. The van der Waals surface area contributed by atoms with Crippen LogP contribution in [0.5, 0.6) is 0 Å². The molecule has 0 aliphatic carbocycles. The Bertz CT molecular complexity index is 798. The van der Waals surface area contributed by atoms with Gasteiger partial charge in [-0.05, 0) is 24.1 Å². The molecule has 26 heavy (non-hydrogen) atoms. The Kier molecular flexibility index (Phi) is 5.57. The molecular formula is C15H17N5O4S2. The van der Waals surface area contributed by atoms with E-state index in [1.807, 2.05) is 0 Å². The number of rotatable bonds is 5. The number of ether oxygens (including phenoxy) is 1. The Morgan fingerprint density at radius 2 is 2.19 bits per heavy atom. The number of hydrogen-bond donors (Lipinski definition) is 2. The van der Waals surface area contributed by atoms with Gasteiger partial charge in [0.25, 0.3) is 5.69 Å². The zero-order chi connectivity index (χ0) is 18.7. The fourth-order valence-corrected chi connectivity index (χ4v) is 3.86. The van der Waals surface area contributed by atoms with Gasteiger partial charge in [0.15, 0.2) is 0 Å². The van der Waals surface area contributed by atoms with E-state index in [4.69, 9.17) is 4.74 Å². The van der Waals surface area contributed by atoms with Gasteiger partial charge in [-0.3, -0.25) is 15.0 Å². The van der Waals surface area contributed by atoms with Gasteiger partial charge in [-0.1, -0.05) is 11.3 Å². The number of carbonyl (C=O) groups excluding carboxylic acids is 1. The monoisotopic (exact) mass is 395 g/mol. The number of thiol groups is 1. The van der Waals surface area contributed by atoms with Crippen LogP contribution >= 0.6 is 24.0 Å². The predicted molar refractivity (Wildman–Crippen MR) is 99.6 cm³/mol. The zero-order valence-electron chi connectivity index (χ0n) is 13.9. The third-order valence-corrected chi connectivity index (χ3v) is 5.38. The van der Waals surface area contributed by atoms with Crippen molar-refractivity contribution in [3.8, 4) is 0 Å². The highest BCUT2D eigenvalue weighted by molar-refractivity contribution is 7.81. The van der Waals surface area contributed by atoms with Crippen LogP contribution in [-0.4, -0.2) is 45.0 Å². The molecule has 1 aromatic heterocycles. The maximum Gasteiger partial charge on any atom is 0.410 e. The number of nitro groups is 1. The molecule has 2 heterocycles. The number of aromatic nitrogens is 2. The summed E-state index contributed by atoms with van der Waals surface area (Å²) in [5, 5.41) is 23.2. The van der Waals surface area contributed by atoms with Crippen molar-refractivity contribution < 1.29 is 14.5 Å². The molecule has 0 bridgehead atoms. The average Bonchev–Trinajstić information content (AvgIpc) is 3.26. The summed E-state index contributed by atoms with van der Waals surface area (Å²) in [5.74, 6) is 0. The second kappa shape index (κ2) is 7.87. The lowest BCUT2D eigenvalue weighted by atomic mass is 10.2. The Morgan fingerprint density at radius 3 is 2.81 bits per heavy atom. The summed E-state index contributed by atoms with van der Waals surface area (Å²) in [6.07, 6.45) is 0.208. The van der Waals surface area contributed by atoms with Crippen LogP contribution in [0.15, 0.2) is 24.3 Å². The summed E-state index contributed by atoms with van der Waals surface area (Å²) in [6.45, 7) is 0.497. The Morgan fingerprint density at radius 1 is 1.46 bits per heavy atom. The van der Waals surface area contributed by atoms with Crippen molar-refractivity contribution >= 4 is 40.9 Å². The van der Waals surface area contributed by atoms with E-state index in [9.17, 15) is 14.9 Å². The number of non-ortho nitro benzene ring substituents is 1. The van der Waals surface area contributed by atoms with Crippen LogP contribution < -0.4 is 5.32 Å². The van der Waals surface area contributed by atoms with Gasteiger partial charge >= 0.3 is 6.09 Å². The Balaban J connectivity index is 1.64. The van der Waals surface area contributed by atoms with Crippen molar-refractivity contribution in [2.24, 2.45) is 0 Å². The SMILES string of the molecule is CNc1nnc([C@@H]2C[C@H](S)CN2C(=O)OCc2ccc([N+](=O)[O-])cc2)s1. The van der Waals surface area contributed by atoms with Crippen molar-refractivity contribution in [2.45, 2.75) is 24.3 Å². The number of nitro benzene ring substituents is 1. The smallest absolute Gasteiger partial charge is 0.410 e. The average molecular weight is 395 g/mol. The van der Waals surface area contributed by atoms with Gasteiger partial charge in [0.05, 0.1) is 11.0 Å². The molecule has 1 aromatic carbocycles. The van der Waals surface area contributed by atoms with Crippen LogP contribution in [0, 0.1) is 10.1 Å². The molecule has 3 rings (SSSR count). The third-order valence-electron chi connectivity index (χ3n) is 3.96. The molecule has 0 unspecified atom stereocenters. The fraction of sp³-hybridized carbons (Fsp3) is 0.400. The predicted octanol–water partition coefficient (Wildman–Crippen LogP) is 2.87. The molecule has 2 atom stereocenters. The van der Waals surface area contributed by atoms with E-state index in [2.05, 4.69) is 28.1 Å². The minimum Gasteiger partial charge on any atom is -0.445 e. The number of amides is 1. The molecule has 2 aromatic rings. The van der Waals surface area contributed by atoms with Crippen molar-refractivity contribution in [2.75, 3.05) is 18.9 Å². The van der Waals surface area contributed by atoms with E-state index in [1.165, 1.54) is 23.5 Å². The summed E-state index contributed by atoms with van der Waals surface area (Å²) >= 11 is 5.87. The van der Waals surface area contributed by atoms with E-state index < -0.39 is 11.0 Å². The molecule has 1 fully saturated rings. The molecule has 0 radical (unpaired) electrons. The lowest BCUT2D eigenvalue weighted by Gasteiger charge is -2.21. The molecule has 11 heteroatoms. The van der Waals surface area contributed by atoms with Crippen LogP contribution in [0.3, 0.4) is 0 Å². The van der Waals surface area contributed by atoms with Gasteiger partial charge < -0.3 is 10.1 Å². The van der Waals surface area contributed by atoms with E-state index in [-0.39, 0.29) is 23.6 Å². The number of nitrogens with one attached hydrogen (secondary N) is 1. The van der Waals surface area contributed by atoms with Crippen LogP contribution in [0.25, 0.3) is 0 Å². The topological polar surface area (TPSA) is 110 Å². The molecule has 1 aliphatic heterocycles.